The zero-order valence-corrected chi connectivity index (χ0v) is 15.4. The number of benzene rings is 1. The highest BCUT2D eigenvalue weighted by molar-refractivity contribution is 5.95. The van der Waals surface area contributed by atoms with Crippen LogP contribution in [-0.4, -0.2) is 33.3 Å². The van der Waals surface area contributed by atoms with Crippen LogP contribution in [0.1, 0.15) is 55.1 Å². The molecule has 2 aromatic rings. The largest absolute Gasteiger partial charge is 0.481 e. The molecule has 3 rings (SSSR count). The molecule has 1 heterocycles. The van der Waals surface area contributed by atoms with Gasteiger partial charge in [0.2, 0.25) is 0 Å². The highest BCUT2D eigenvalue weighted by Gasteiger charge is 2.40. The maximum atomic E-state index is 13.2. The number of nitrogens with one attached hydrogen (secondary N) is 1. The number of nitrogens with zero attached hydrogens (tertiary/aromatic N) is 2. The Kier molecular flexibility index (Phi) is 5.58. The third-order valence-corrected chi connectivity index (χ3v) is 5.37. The standard InChI is InChI=1S/C20H24FN3O3/c1-2-17-16(12-23-24(17)15-8-6-14(21)7-9-15)18(25)22-13-20(19(26)27)10-4-3-5-11-20/h6-9,12H,2-5,10-11,13H2,1H3,(H,22,25)(H,26,27). The van der Waals surface area contributed by atoms with Crippen molar-refractivity contribution in [3.05, 3.63) is 47.5 Å². The van der Waals surface area contributed by atoms with Gasteiger partial charge in [-0.2, -0.15) is 5.10 Å². The molecule has 1 aliphatic rings. The summed E-state index contributed by atoms with van der Waals surface area (Å²) in [5.74, 6) is -1.51. The van der Waals surface area contributed by atoms with Crippen molar-refractivity contribution in [1.82, 2.24) is 15.1 Å². The molecule has 0 spiro atoms. The molecule has 0 radical (unpaired) electrons. The van der Waals surface area contributed by atoms with Crippen molar-refractivity contribution in [3.63, 3.8) is 0 Å². The summed E-state index contributed by atoms with van der Waals surface area (Å²) >= 11 is 0. The van der Waals surface area contributed by atoms with Crippen LogP contribution in [0.5, 0.6) is 0 Å². The predicted octanol–water partition coefficient (Wildman–Crippen LogP) is 3.34. The van der Waals surface area contributed by atoms with Gasteiger partial charge in [0.1, 0.15) is 5.82 Å². The SMILES string of the molecule is CCc1c(C(=O)NCC2(C(=O)O)CCCCC2)cnn1-c1ccc(F)cc1. The number of halogens is 1. The molecule has 1 aliphatic carbocycles. The molecular formula is C20H24FN3O3. The van der Waals surface area contributed by atoms with Gasteiger partial charge in [0.25, 0.3) is 5.91 Å². The van der Waals surface area contributed by atoms with Gasteiger partial charge in [-0.3, -0.25) is 9.59 Å². The number of aromatic nitrogens is 2. The molecular weight excluding hydrogens is 349 g/mol. The van der Waals surface area contributed by atoms with E-state index in [1.807, 2.05) is 6.92 Å². The molecule has 1 aromatic heterocycles. The van der Waals surface area contributed by atoms with Gasteiger partial charge in [0.15, 0.2) is 0 Å². The molecule has 0 saturated heterocycles. The molecule has 2 N–H and O–H groups in total. The molecule has 0 aliphatic heterocycles. The number of carboxylic acid groups (broad SMARTS) is 1. The fourth-order valence-electron chi connectivity index (χ4n) is 3.75. The van der Waals surface area contributed by atoms with Gasteiger partial charge in [0.05, 0.1) is 28.6 Å². The minimum absolute atomic E-state index is 0.117. The first-order valence-electron chi connectivity index (χ1n) is 9.31. The molecule has 144 valence electrons. The van der Waals surface area contributed by atoms with E-state index < -0.39 is 11.4 Å². The van der Waals surface area contributed by atoms with E-state index in [0.717, 1.165) is 19.3 Å². The molecule has 1 amide bonds. The van der Waals surface area contributed by atoms with Crippen LogP contribution >= 0.6 is 0 Å². The van der Waals surface area contributed by atoms with Crippen LogP contribution in [0.3, 0.4) is 0 Å². The number of rotatable bonds is 6. The highest BCUT2D eigenvalue weighted by Crippen LogP contribution is 2.36. The van der Waals surface area contributed by atoms with E-state index >= 15 is 0 Å². The first-order valence-corrected chi connectivity index (χ1v) is 9.31. The summed E-state index contributed by atoms with van der Waals surface area (Å²) in [5, 5.41) is 16.7. The van der Waals surface area contributed by atoms with Gasteiger partial charge < -0.3 is 10.4 Å². The zero-order valence-electron chi connectivity index (χ0n) is 15.4. The molecule has 7 heteroatoms. The average molecular weight is 373 g/mol. The van der Waals surface area contributed by atoms with E-state index in [2.05, 4.69) is 10.4 Å². The quantitative estimate of drug-likeness (QED) is 0.813. The summed E-state index contributed by atoms with van der Waals surface area (Å²) in [4.78, 5) is 24.5. The Bertz CT molecular complexity index is 823. The smallest absolute Gasteiger partial charge is 0.311 e. The Morgan fingerprint density at radius 2 is 1.89 bits per heavy atom. The van der Waals surface area contributed by atoms with Crippen LogP contribution in [0, 0.1) is 11.2 Å². The van der Waals surface area contributed by atoms with E-state index in [4.69, 9.17) is 0 Å². The van der Waals surface area contributed by atoms with Crippen LogP contribution in [-0.2, 0) is 11.2 Å². The lowest BCUT2D eigenvalue weighted by Gasteiger charge is -2.33. The normalized spacial score (nSPS) is 16.1. The molecule has 1 saturated carbocycles. The van der Waals surface area contributed by atoms with Gasteiger partial charge in [-0.05, 0) is 43.5 Å². The van der Waals surface area contributed by atoms with Crippen molar-refractivity contribution in [2.24, 2.45) is 5.41 Å². The lowest BCUT2D eigenvalue weighted by Crippen LogP contribution is -2.44. The fraction of sp³-hybridized carbons (Fsp3) is 0.450. The van der Waals surface area contributed by atoms with Crippen molar-refractivity contribution in [1.29, 1.82) is 0 Å². The summed E-state index contributed by atoms with van der Waals surface area (Å²) in [6.07, 6.45) is 5.97. The Morgan fingerprint density at radius 1 is 1.22 bits per heavy atom. The first-order chi connectivity index (χ1) is 13.0. The van der Waals surface area contributed by atoms with Crippen LogP contribution in [0.2, 0.25) is 0 Å². The Labute approximate surface area is 157 Å². The van der Waals surface area contributed by atoms with Crippen LogP contribution < -0.4 is 5.32 Å². The Hall–Kier alpha value is -2.70. The van der Waals surface area contributed by atoms with Crippen LogP contribution in [0.4, 0.5) is 4.39 Å². The number of hydrogen-bond donors (Lipinski definition) is 2. The maximum absolute atomic E-state index is 13.2. The maximum Gasteiger partial charge on any atom is 0.311 e. The number of amides is 1. The number of carbonyl (C=O) groups is 2. The number of carboxylic acids is 1. The van der Waals surface area contributed by atoms with Crippen molar-refractivity contribution in [3.8, 4) is 5.69 Å². The van der Waals surface area contributed by atoms with Crippen LogP contribution in [0.15, 0.2) is 30.5 Å². The van der Waals surface area contributed by atoms with Gasteiger partial charge >= 0.3 is 5.97 Å². The molecule has 1 fully saturated rings. The van der Waals surface area contributed by atoms with Gasteiger partial charge in [0, 0.05) is 6.54 Å². The van der Waals surface area contributed by atoms with Crippen molar-refractivity contribution in [2.75, 3.05) is 6.54 Å². The molecule has 27 heavy (non-hydrogen) atoms. The summed E-state index contributed by atoms with van der Waals surface area (Å²) in [6, 6.07) is 5.89. The monoisotopic (exact) mass is 373 g/mol. The Morgan fingerprint density at radius 3 is 2.48 bits per heavy atom. The Balaban J connectivity index is 1.79. The third kappa shape index (κ3) is 3.86. The molecule has 6 nitrogen and oxygen atoms in total. The van der Waals surface area contributed by atoms with E-state index in [-0.39, 0.29) is 18.3 Å². The van der Waals surface area contributed by atoms with Crippen molar-refractivity contribution >= 4 is 11.9 Å². The highest BCUT2D eigenvalue weighted by atomic mass is 19.1. The van der Waals surface area contributed by atoms with Gasteiger partial charge in [-0.25, -0.2) is 9.07 Å². The molecule has 0 bridgehead atoms. The molecule has 1 aromatic carbocycles. The average Bonchev–Trinajstić information content (AvgIpc) is 3.11. The number of hydrogen-bond acceptors (Lipinski definition) is 3. The minimum atomic E-state index is -0.882. The number of aliphatic carboxylic acids is 1. The van der Waals surface area contributed by atoms with E-state index in [9.17, 15) is 19.1 Å². The summed E-state index contributed by atoms with van der Waals surface area (Å²) in [5.41, 5.74) is 0.902. The number of carbonyl (C=O) groups excluding carboxylic acids is 1. The van der Waals surface area contributed by atoms with E-state index in [1.165, 1.54) is 18.3 Å². The second-order valence-corrected chi connectivity index (χ2v) is 7.08. The second kappa shape index (κ2) is 7.90. The second-order valence-electron chi connectivity index (χ2n) is 7.08. The first kappa shape index (κ1) is 19.1. The van der Waals surface area contributed by atoms with Crippen molar-refractivity contribution in [2.45, 2.75) is 45.4 Å². The predicted molar refractivity (Wildman–Crippen MR) is 98.4 cm³/mol. The lowest BCUT2D eigenvalue weighted by molar-refractivity contribution is -0.150. The topological polar surface area (TPSA) is 84.2 Å². The third-order valence-electron chi connectivity index (χ3n) is 5.37. The minimum Gasteiger partial charge on any atom is -0.481 e. The molecule has 0 atom stereocenters. The molecule has 0 unspecified atom stereocenters. The fourth-order valence-corrected chi connectivity index (χ4v) is 3.75. The summed E-state index contributed by atoms with van der Waals surface area (Å²) < 4.78 is 14.8. The van der Waals surface area contributed by atoms with E-state index in [0.29, 0.717) is 36.2 Å². The van der Waals surface area contributed by atoms with Gasteiger partial charge in [-0.15, -0.1) is 0 Å². The van der Waals surface area contributed by atoms with Gasteiger partial charge in [-0.1, -0.05) is 26.2 Å². The zero-order chi connectivity index (χ0) is 19.4. The lowest BCUT2D eigenvalue weighted by atomic mass is 9.74. The van der Waals surface area contributed by atoms with Crippen molar-refractivity contribution < 1.29 is 19.1 Å². The summed E-state index contributed by atoms with van der Waals surface area (Å²) in [7, 11) is 0. The van der Waals surface area contributed by atoms with E-state index in [1.54, 1.807) is 16.8 Å². The summed E-state index contributed by atoms with van der Waals surface area (Å²) in [6.45, 7) is 2.03. The van der Waals surface area contributed by atoms with Crippen LogP contribution in [0.25, 0.3) is 5.69 Å².